The van der Waals surface area contributed by atoms with Crippen molar-refractivity contribution in [1.82, 2.24) is 5.32 Å². The smallest absolute Gasteiger partial charge is 0.264 e. The van der Waals surface area contributed by atoms with Gasteiger partial charge in [0.1, 0.15) is 18.1 Å². The first-order chi connectivity index (χ1) is 14.5. The highest BCUT2D eigenvalue weighted by Crippen LogP contribution is 2.19. The highest BCUT2D eigenvalue weighted by atomic mass is 32.1. The molecule has 6 heteroatoms. The van der Waals surface area contributed by atoms with Crippen LogP contribution in [0.5, 0.6) is 11.5 Å². The Morgan fingerprint density at radius 1 is 0.933 bits per heavy atom. The number of ether oxygens (including phenoxy) is 2. The molecule has 0 aromatic heterocycles. The van der Waals surface area contributed by atoms with E-state index in [-0.39, 0.29) is 17.6 Å². The minimum atomic E-state index is -0.323. The van der Waals surface area contributed by atoms with E-state index in [1.54, 1.807) is 0 Å². The van der Waals surface area contributed by atoms with E-state index in [2.05, 4.69) is 10.6 Å². The van der Waals surface area contributed by atoms with Crippen molar-refractivity contribution >= 4 is 28.9 Å². The van der Waals surface area contributed by atoms with Crippen LogP contribution in [0.1, 0.15) is 16.7 Å². The fourth-order valence-electron chi connectivity index (χ4n) is 2.71. The second-order valence-corrected chi connectivity index (χ2v) is 7.27. The van der Waals surface area contributed by atoms with Crippen LogP contribution in [0.4, 0.5) is 5.69 Å². The van der Waals surface area contributed by atoms with Gasteiger partial charge in [0.2, 0.25) is 0 Å². The predicted molar refractivity (Wildman–Crippen MR) is 123 cm³/mol. The predicted octanol–water partition coefficient (Wildman–Crippen LogP) is 4.77. The molecular weight excluding hydrogens is 396 g/mol. The molecule has 3 aromatic rings. The summed E-state index contributed by atoms with van der Waals surface area (Å²) in [5.41, 5.74) is 3.91. The molecule has 0 bridgehead atoms. The maximum atomic E-state index is 12.1. The van der Waals surface area contributed by atoms with E-state index in [1.165, 1.54) is 0 Å². The molecule has 1 amide bonds. The van der Waals surface area contributed by atoms with Crippen LogP contribution in [0.25, 0.3) is 0 Å². The van der Waals surface area contributed by atoms with Crippen LogP contribution in [0.15, 0.2) is 72.8 Å². The van der Waals surface area contributed by atoms with Crippen LogP contribution in [0.2, 0.25) is 0 Å². The van der Waals surface area contributed by atoms with Gasteiger partial charge in [-0.1, -0.05) is 42.5 Å². The van der Waals surface area contributed by atoms with Crippen molar-refractivity contribution in [3.63, 3.8) is 0 Å². The van der Waals surface area contributed by atoms with Crippen molar-refractivity contribution in [2.24, 2.45) is 0 Å². The lowest BCUT2D eigenvalue weighted by Gasteiger charge is -2.12. The number of anilines is 1. The van der Waals surface area contributed by atoms with Gasteiger partial charge >= 0.3 is 0 Å². The van der Waals surface area contributed by atoms with Crippen molar-refractivity contribution < 1.29 is 14.3 Å². The maximum absolute atomic E-state index is 12.1. The van der Waals surface area contributed by atoms with E-state index in [0.717, 1.165) is 28.1 Å². The summed E-state index contributed by atoms with van der Waals surface area (Å²) >= 11 is 5.21. The maximum Gasteiger partial charge on any atom is 0.264 e. The molecule has 0 saturated carbocycles. The third-order valence-electron chi connectivity index (χ3n) is 4.32. The standard InChI is InChI=1S/C24H24N2O3S/c1-17-8-9-18(2)22(14-17)29-16-23(27)26-24(30)25-20-10-12-21(13-11-20)28-15-19-6-4-3-5-7-19/h3-14H,15-16H2,1-2H3,(H2,25,26,27,30). The third kappa shape index (κ3) is 6.60. The Balaban J connectivity index is 1.43. The fraction of sp³-hybridized carbons (Fsp3) is 0.167. The Bertz CT molecular complexity index is 1000. The largest absolute Gasteiger partial charge is 0.489 e. The highest BCUT2D eigenvalue weighted by Gasteiger charge is 2.08. The lowest BCUT2D eigenvalue weighted by molar-refractivity contribution is -0.121. The first-order valence-electron chi connectivity index (χ1n) is 9.57. The summed E-state index contributed by atoms with van der Waals surface area (Å²) in [6.45, 7) is 4.30. The molecule has 2 N–H and O–H groups in total. The Morgan fingerprint density at radius 2 is 1.67 bits per heavy atom. The Labute approximate surface area is 182 Å². The van der Waals surface area contributed by atoms with Gasteiger partial charge < -0.3 is 14.8 Å². The second kappa shape index (κ2) is 10.4. The number of thiocarbonyl (C=S) groups is 1. The minimum absolute atomic E-state index is 0.113. The zero-order chi connectivity index (χ0) is 21.3. The molecule has 154 valence electrons. The summed E-state index contributed by atoms with van der Waals surface area (Å²) in [6.07, 6.45) is 0. The summed E-state index contributed by atoms with van der Waals surface area (Å²) in [5, 5.41) is 5.81. The molecule has 0 radical (unpaired) electrons. The normalized spacial score (nSPS) is 10.2. The summed E-state index contributed by atoms with van der Waals surface area (Å²) in [5.74, 6) is 1.12. The van der Waals surface area contributed by atoms with Crippen molar-refractivity contribution in [2.75, 3.05) is 11.9 Å². The number of rotatable bonds is 7. The van der Waals surface area contributed by atoms with Crippen LogP contribution in [-0.2, 0) is 11.4 Å². The summed E-state index contributed by atoms with van der Waals surface area (Å²) in [4.78, 5) is 12.1. The van der Waals surface area contributed by atoms with Gasteiger partial charge in [0.05, 0.1) is 0 Å². The van der Waals surface area contributed by atoms with Gasteiger partial charge in [-0.3, -0.25) is 10.1 Å². The quantitative estimate of drug-likeness (QED) is 0.539. The Morgan fingerprint density at radius 3 is 2.40 bits per heavy atom. The zero-order valence-electron chi connectivity index (χ0n) is 17.0. The van der Waals surface area contributed by atoms with E-state index < -0.39 is 0 Å². The van der Waals surface area contributed by atoms with E-state index in [0.29, 0.717) is 12.4 Å². The number of aryl methyl sites for hydroxylation is 2. The molecule has 0 fully saturated rings. The second-order valence-electron chi connectivity index (χ2n) is 6.86. The van der Waals surface area contributed by atoms with Crippen molar-refractivity contribution in [3.05, 3.63) is 89.5 Å². The lowest BCUT2D eigenvalue weighted by atomic mass is 10.1. The van der Waals surface area contributed by atoms with Gasteiger partial charge in [-0.15, -0.1) is 0 Å². The molecule has 0 unspecified atom stereocenters. The van der Waals surface area contributed by atoms with E-state index in [9.17, 15) is 4.79 Å². The van der Waals surface area contributed by atoms with Gasteiger partial charge in [-0.2, -0.15) is 0 Å². The molecule has 0 aliphatic carbocycles. The summed E-state index contributed by atoms with van der Waals surface area (Å²) in [6, 6.07) is 23.2. The van der Waals surface area contributed by atoms with E-state index >= 15 is 0 Å². The molecule has 3 rings (SSSR count). The minimum Gasteiger partial charge on any atom is -0.489 e. The van der Waals surface area contributed by atoms with Crippen LogP contribution in [-0.4, -0.2) is 17.6 Å². The number of nitrogens with one attached hydrogen (secondary N) is 2. The van der Waals surface area contributed by atoms with Crippen molar-refractivity contribution in [3.8, 4) is 11.5 Å². The molecular formula is C24H24N2O3S. The number of amides is 1. The number of benzene rings is 3. The lowest BCUT2D eigenvalue weighted by Crippen LogP contribution is -2.37. The van der Waals surface area contributed by atoms with Gasteiger partial charge in [-0.05, 0) is 73.1 Å². The van der Waals surface area contributed by atoms with E-state index in [1.807, 2.05) is 86.6 Å². The Hall–Kier alpha value is -3.38. The average molecular weight is 421 g/mol. The van der Waals surface area contributed by atoms with Crippen molar-refractivity contribution in [2.45, 2.75) is 20.5 Å². The number of carbonyl (C=O) groups is 1. The summed E-state index contributed by atoms with van der Waals surface area (Å²) in [7, 11) is 0. The third-order valence-corrected chi connectivity index (χ3v) is 4.52. The molecule has 0 saturated heterocycles. The van der Waals surface area contributed by atoms with Crippen molar-refractivity contribution in [1.29, 1.82) is 0 Å². The number of hydrogen-bond acceptors (Lipinski definition) is 4. The topological polar surface area (TPSA) is 59.6 Å². The van der Waals surface area contributed by atoms with Crippen LogP contribution < -0.4 is 20.1 Å². The van der Waals surface area contributed by atoms with Gasteiger partial charge in [-0.25, -0.2) is 0 Å². The fourth-order valence-corrected chi connectivity index (χ4v) is 2.94. The number of hydrogen-bond donors (Lipinski definition) is 2. The number of carbonyl (C=O) groups excluding carboxylic acids is 1. The van der Waals surface area contributed by atoms with E-state index in [4.69, 9.17) is 21.7 Å². The van der Waals surface area contributed by atoms with Crippen LogP contribution in [0, 0.1) is 13.8 Å². The SMILES string of the molecule is Cc1ccc(C)c(OCC(=O)NC(=S)Nc2ccc(OCc3ccccc3)cc2)c1. The zero-order valence-corrected chi connectivity index (χ0v) is 17.8. The molecule has 0 aliphatic rings. The van der Waals surface area contributed by atoms with Crippen LogP contribution >= 0.6 is 12.2 Å². The van der Waals surface area contributed by atoms with Gasteiger partial charge in [0.15, 0.2) is 11.7 Å². The first kappa shape index (κ1) is 21.3. The van der Waals surface area contributed by atoms with Gasteiger partial charge in [0, 0.05) is 5.69 Å². The molecule has 5 nitrogen and oxygen atoms in total. The van der Waals surface area contributed by atoms with Gasteiger partial charge in [0.25, 0.3) is 5.91 Å². The average Bonchev–Trinajstić information content (AvgIpc) is 2.74. The molecule has 0 aliphatic heterocycles. The first-order valence-corrected chi connectivity index (χ1v) is 9.98. The summed E-state index contributed by atoms with van der Waals surface area (Å²) < 4.78 is 11.4. The molecule has 0 atom stereocenters. The monoisotopic (exact) mass is 420 g/mol. The highest BCUT2D eigenvalue weighted by molar-refractivity contribution is 7.80. The molecule has 0 heterocycles. The molecule has 3 aromatic carbocycles. The van der Waals surface area contributed by atoms with Crippen LogP contribution in [0.3, 0.4) is 0 Å². The molecule has 30 heavy (non-hydrogen) atoms. The molecule has 0 spiro atoms. The Kier molecular flexibility index (Phi) is 7.40.